The standard InChI is InChI=1S/C27H26N2O3S2/c1-32-22-13-11-20(12-14-22)18-28-27(31)26(21-7-3-2-4-8-21)29(19-24-10-6-16-34-24)25(30)17-23-9-5-15-33-23/h2-16,26H,17-19H2,1H3,(H,28,31)/t26-/m1/s1. The van der Waals surface area contributed by atoms with E-state index in [4.69, 9.17) is 4.74 Å². The van der Waals surface area contributed by atoms with E-state index < -0.39 is 6.04 Å². The summed E-state index contributed by atoms with van der Waals surface area (Å²) in [6, 6.07) is 24.2. The molecule has 0 saturated heterocycles. The van der Waals surface area contributed by atoms with Gasteiger partial charge in [0.2, 0.25) is 11.8 Å². The first-order chi connectivity index (χ1) is 16.6. The van der Waals surface area contributed by atoms with Crippen LogP contribution in [-0.4, -0.2) is 23.8 Å². The summed E-state index contributed by atoms with van der Waals surface area (Å²) in [6.45, 7) is 0.732. The van der Waals surface area contributed by atoms with Crippen LogP contribution in [0.1, 0.15) is 26.9 Å². The van der Waals surface area contributed by atoms with Gasteiger partial charge in [0, 0.05) is 16.3 Å². The number of rotatable bonds is 10. The van der Waals surface area contributed by atoms with E-state index in [0.717, 1.165) is 26.6 Å². The summed E-state index contributed by atoms with van der Waals surface area (Å²) >= 11 is 3.13. The molecule has 4 aromatic rings. The van der Waals surface area contributed by atoms with Crippen molar-refractivity contribution in [3.05, 3.63) is 111 Å². The molecule has 2 aromatic carbocycles. The van der Waals surface area contributed by atoms with Crippen LogP contribution in [0.3, 0.4) is 0 Å². The summed E-state index contributed by atoms with van der Waals surface area (Å²) in [5.74, 6) is 0.473. The maximum atomic E-state index is 13.6. The second kappa shape index (κ2) is 11.6. The Labute approximate surface area is 207 Å². The van der Waals surface area contributed by atoms with Crippen molar-refractivity contribution in [2.75, 3.05) is 7.11 Å². The molecule has 174 valence electrons. The number of methoxy groups -OCH3 is 1. The summed E-state index contributed by atoms with van der Waals surface area (Å²) in [5, 5.41) is 6.99. The summed E-state index contributed by atoms with van der Waals surface area (Å²) < 4.78 is 5.21. The lowest BCUT2D eigenvalue weighted by Crippen LogP contribution is -2.43. The van der Waals surface area contributed by atoms with Crippen molar-refractivity contribution < 1.29 is 14.3 Å². The van der Waals surface area contributed by atoms with Crippen LogP contribution in [0.25, 0.3) is 0 Å². The molecule has 1 N–H and O–H groups in total. The van der Waals surface area contributed by atoms with Crippen molar-refractivity contribution in [2.24, 2.45) is 0 Å². The number of amides is 2. The molecule has 0 fully saturated rings. The van der Waals surface area contributed by atoms with Gasteiger partial charge in [0.05, 0.1) is 20.1 Å². The highest BCUT2D eigenvalue weighted by Gasteiger charge is 2.31. The monoisotopic (exact) mass is 490 g/mol. The van der Waals surface area contributed by atoms with Gasteiger partial charge in [-0.15, -0.1) is 22.7 Å². The van der Waals surface area contributed by atoms with E-state index in [9.17, 15) is 9.59 Å². The third-order valence-electron chi connectivity index (χ3n) is 5.43. The first kappa shape index (κ1) is 23.7. The topological polar surface area (TPSA) is 58.6 Å². The molecule has 7 heteroatoms. The van der Waals surface area contributed by atoms with Crippen LogP contribution in [0.15, 0.2) is 89.6 Å². The van der Waals surface area contributed by atoms with Crippen molar-refractivity contribution in [3.63, 3.8) is 0 Å². The predicted molar refractivity (Wildman–Crippen MR) is 137 cm³/mol. The van der Waals surface area contributed by atoms with Gasteiger partial charge in [0.1, 0.15) is 11.8 Å². The molecule has 0 radical (unpaired) electrons. The molecule has 0 aliphatic rings. The number of nitrogens with one attached hydrogen (secondary N) is 1. The zero-order valence-corrected chi connectivity index (χ0v) is 20.5. The summed E-state index contributed by atoms with van der Waals surface area (Å²) in [4.78, 5) is 30.8. The van der Waals surface area contributed by atoms with Gasteiger partial charge in [0.15, 0.2) is 0 Å². The molecular formula is C27H26N2O3S2. The minimum Gasteiger partial charge on any atom is -0.497 e. The van der Waals surface area contributed by atoms with Gasteiger partial charge in [-0.2, -0.15) is 0 Å². The molecule has 2 amide bonds. The molecule has 2 heterocycles. The van der Waals surface area contributed by atoms with E-state index in [1.807, 2.05) is 89.6 Å². The van der Waals surface area contributed by atoms with Crippen LogP contribution in [0.5, 0.6) is 5.75 Å². The maximum absolute atomic E-state index is 13.6. The number of benzene rings is 2. The fraction of sp³-hybridized carbons (Fsp3) is 0.185. The zero-order chi connectivity index (χ0) is 23.8. The Kier molecular flexibility index (Phi) is 8.12. The second-order valence-corrected chi connectivity index (χ2v) is 9.80. The lowest BCUT2D eigenvalue weighted by Gasteiger charge is -2.31. The number of nitrogens with zero attached hydrogens (tertiary/aromatic N) is 1. The molecule has 0 aliphatic heterocycles. The van der Waals surface area contributed by atoms with Gasteiger partial charge in [-0.05, 0) is 46.2 Å². The van der Waals surface area contributed by atoms with E-state index in [1.54, 1.807) is 34.7 Å². The number of thiophene rings is 2. The molecule has 0 unspecified atom stereocenters. The fourth-order valence-electron chi connectivity index (χ4n) is 3.70. The van der Waals surface area contributed by atoms with Crippen LogP contribution >= 0.6 is 22.7 Å². The first-order valence-electron chi connectivity index (χ1n) is 10.9. The van der Waals surface area contributed by atoms with Gasteiger partial charge in [-0.3, -0.25) is 9.59 Å². The minimum atomic E-state index is -0.742. The lowest BCUT2D eigenvalue weighted by molar-refractivity contribution is -0.141. The van der Waals surface area contributed by atoms with Crippen molar-refractivity contribution in [3.8, 4) is 5.75 Å². The van der Waals surface area contributed by atoms with Crippen molar-refractivity contribution in [2.45, 2.75) is 25.6 Å². The molecule has 0 spiro atoms. The Hall–Kier alpha value is -3.42. The number of carbonyl (C=O) groups is 2. The molecule has 0 saturated carbocycles. The molecule has 0 aliphatic carbocycles. The van der Waals surface area contributed by atoms with Crippen LogP contribution in [0.4, 0.5) is 0 Å². The van der Waals surface area contributed by atoms with Crippen LogP contribution in [-0.2, 0) is 29.1 Å². The van der Waals surface area contributed by atoms with Crippen LogP contribution < -0.4 is 10.1 Å². The maximum Gasteiger partial charge on any atom is 0.247 e. The summed E-state index contributed by atoms with van der Waals surface area (Å²) in [5.41, 5.74) is 1.74. The van der Waals surface area contributed by atoms with E-state index >= 15 is 0 Å². The van der Waals surface area contributed by atoms with E-state index in [-0.39, 0.29) is 18.2 Å². The Morgan fingerprint density at radius 1 is 0.882 bits per heavy atom. The molecule has 5 nitrogen and oxygen atoms in total. The highest BCUT2D eigenvalue weighted by molar-refractivity contribution is 7.10. The molecule has 4 rings (SSSR count). The highest BCUT2D eigenvalue weighted by atomic mass is 32.1. The van der Waals surface area contributed by atoms with Crippen molar-refractivity contribution >= 4 is 34.5 Å². The van der Waals surface area contributed by atoms with Crippen LogP contribution in [0.2, 0.25) is 0 Å². The van der Waals surface area contributed by atoms with Gasteiger partial charge < -0.3 is 15.0 Å². The van der Waals surface area contributed by atoms with Gasteiger partial charge in [0.25, 0.3) is 0 Å². The normalized spacial score (nSPS) is 11.6. The Balaban J connectivity index is 1.61. The average Bonchev–Trinajstić information content (AvgIpc) is 3.58. The average molecular weight is 491 g/mol. The molecular weight excluding hydrogens is 464 g/mol. The van der Waals surface area contributed by atoms with Crippen LogP contribution in [0, 0.1) is 0 Å². The molecule has 0 bridgehead atoms. The molecule has 34 heavy (non-hydrogen) atoms. The number of ether oxygens (including phenoxy) is 1. The minimum absolute atomic E-state index is 0.0794. The highest BCUT2D eigenvalue weighted by Crippen LogP contribution is 2.27. The Morgan fingerprint density at radius 2 is 1.56 bits per heavy atom. The summed E-state index contributed by atoms with van der Waals surface area (Å²) in [6.07, 6.45) is 0.262. The number of carbonyl (C=O) groups excluding carboxylic acids is 2. The Bertz CT molecular complexity index is 1170. The van der Waals surface area contributed by atoms with Gasteiger partial charge in [-0.25, -0.2) is 0 Å². The second-order valence-electron chi connectivity index (χ2n) is 7.74. The predicted octanol–water partition coefficient (Wildman–Crippen LogP) is 5.45. The third-order valence-corrected chi connectivity index (χ3v) is 7.17. The van der Waals surface area contributed by atoms with Crippen molar-refractivity contribution in [1.29, 1.82) is 0 Å². The smallest absolute Gasteiger partial charge is 0.247 e. The van der Waals surface area contributed by atoms with E-state index in [2.05, 4.69) is 5.32 Å². The van der Waals surface area contributed by atoms with E-state index in [0.29, 0.717) is 13.1 Å². The molecule has 2 aromatic heterocycles. The third kappa shape index (κ3) is 6.12. The number of hydrogen-bond donors (Lipinski definition) is 1. The summed E-state index contributed by atoms with van der Waals surface area (Å²) in [7, 11) is 1.62. The molecule has 1 atom stereocenters. The zero-order valence-electron chi connectivity index (χ0n) is 18.8. The number of hydrogen-bond acceptors (Lipinski definition) is 5. The van der Waals surface area contributed by atoms with Crippen molar-refractivity contribution in [1.82, 2.24) is 10.2 Å². The first-order valence-corrected chi connectivity index (χ1v) is 12.7. The Morgan fingerprint density at radius 3 is 2.18 bits per heavy atom. The van der Waals surface area contributed by atoms with Gasteiger partial charge >= 0.3 is 0 Å². The fourth-order valence-corrected chi connectivity index (χ4v) is 5.09. The SMILES string of the molecule is COc1ccc(CNC(=O)[C@@H](c2ccccc2)N(Cc2cccs2)C(=O)Cc2cccs2)cc1. The van der Waals surface area contributed by atoms with Gasteiger partial charge in [-0.1, -0.05) is 54.6 Å². The quantitative estimate of drug-likeness (QED) is 0.322. The largest absolute Gasteiger partial charge is 0.497 e. The van der Waals surface area contributed by atoms with E-state index in [1.165, 1.54) is 0 Å². The lowest BCUT2D eigenvalue weighted by atomic mass is 10.0.